The topological polar surface area (TPSA) is 64.8 Å². The summed E-state index contributed by atoms with van der Waals surface area (Å²) < 4.78 is 60.5. The zero-order chi connectivity index (χ0) is 13.6. The Labute approximate surface area is 102 Å². The molecule has 1 aromatic heterocycles. The molecule has 1 saturated heterocycles. The average molecular weight is 283 g/mol. The van der Waals surface area contributed by atoms with Crippen molar-refractivity contribution < 1.29 is 21.6 Å². The Morgan fingerprint density at radius 2 is 2.11 bits per heavy atom. The first-order chi connectivity index (χ1) is 8.16. The van der Waals surface area contributed by atoms with Crippen molar-refractivity contribution in [2.45, 2.75) is 32.0 Å². The van der Waals surface area contributed by atoms with Crippen molar-refractivity contribution in [3.05, 3.63) is 11.6 Å². The first kappa shape index (κ1) is 13.3. The molecule has 0 aromatic carbocycles. The van der Waals surface area contributed by atoms with E-state index in [1.807, 2.05) is 0 Å². The zero-order valence-electron chi connectivity index (χ0n) is 9.61. The molecule has 1 unspecified atom stereocenters. The second-order valence-corrected chi connectivity index (χ2v) is 6.62. The van der Waals surface area contributed by atoms with Crippen LogP contribution in [-0.2, 0) is 16.4 Å². The largest absolute Gasteiger partial charge is 0.408 e. The number of nitrogens with zero attached hydrogens (tertiary/aromatic N) is 3. The molecule has 0 amide bonds. The Morgan fingerprint density at radius 1 is 1.44 bits per heavy atom. The zero-order valence-corrected chi connectivity index (χ0v) is 10.4. The smallest absolute Gasteiger partial charge is 0.240 e. The Kier molecular flexibility index (Phi) is 3.12. The van der Waals surface area contributed by atoms with Crippen LogP contribution in [0.25, 0.3) is 0 Å². The molecule has 5 nitrogen and oxygen atoms in total. The Balaban J connectivity index is 2.28. The third-order valence-electron chi connectivity index (χ3n) is 2.73. The molecule has 0 spiro atoms. The summed E-state index contributed by atoms with van der Waals surface area (Å²) >= 11 is 0. The molecule has 1 atom stereocenters. The maximum absolute atomic E-state index is 12.4. The maximum atomic E-state index is 12.4. The Hall–Kier alpha value is -1.12. The molecule has 0 bridgehead atoms. The van der Waals surface area contributed by atoms with Crippen molar-refractivity contribution in [2.24, 2.45) is 0 Å². The maximum Gasteiger partial charge on any atom is 0.408 e. The van der Waals surface area contributed by atoms with E-state index in [1.54, 1.807) is 0 Å². The number of alkyl halides is 3. The van der Waals surface area contributed by atoms with E-state index in [0.29, 0.717) is 6.42 Å². The lowest BCUT2D eigenvalue weighted by Crippen LogP contribution is -2.22. The van der Waals surface area contributed by atoms with E-state index in [4.69, 9.17) is 0 Å². The lowest BCUT2D eigenvalue weighted by atomic mass is 10.1. The number of rotatable bonds is 2. The number of hydrogen-bond acceptors (Lipinski definition) is 4. The second-order valence-electron chi connectivity index (χ2n) is 4.39. The predicted octanol–water partition coefficient (Wildman–Crippen LogP) is 1.05. The van der Waals surface area contributed by atoms with Gasteiger partial charge in [-0.25, -0.2) is 18.1 Å². The molecule has 0 N–H and O–H groups in total. The van der Waals surface area contributed by atoms with Gasteiger partial charge in [0.2, 0.25) is 0 Å². The Bertz CT molecular complexity index is 550. The van der Waals surface area contributed by atoms with E-state index in [1.165, 1.54) is 6.92 Å². The van der Waals surface area contributed by atoms with Crippen molar-refractivity contribution in [2.75, 3.05) is 11.5 Å². The van der Waals surface area contributed by atoms with Crippen LogP contribution in [0.1, 0.15) is 24.0 Å². The molecule has 102 valence electrons. The van der Waals surface area contributed by atoms with Crippen LogP contribution in [0, 0.1) is 6.92 Å². The van der Waals surface area contributed by atoms with E-state index in [-0.39, 0.29) is 23.2 Å². The van der Waals surface area contributed by atoms with Crippen LogP contribution >= 0.6 is 0 Å². The third kappa shape index (κ3) is 3.01. The van der Waals surface area contributed by atoms with Gasteiger partial charge < -0.3 is 0 Å². The monoisotopic (exact) mass is 283 g/mol. The van der Waals surface area contributed by atoms with E-state index >= 15 is 0 Å². The van der Waals surface area contributed by atoms with Gasteiger partial charge in [0.1, 0.15) is 18.2 Å². The van der Waals surface area contributed by atoms with Crippen molar-refractivity contribution in [3.8, 4) is 0 Å². The van der Waals surface area contributed by atoms with Gasteiger partial charge in [-0.15, -0.1) is 0 Å². The molecule has 0 saturated carbocycles. The number of halogens is 3. The van der Waals surface area contributed by atoms with Crippen molar-refractivity contribution >= 4 is 9.84 Å². The standard InChI is InChI=1S/C9H12F3N3O2S/c1-6-13-8(7-2-3-18(16,17)4-7)15(14-6)5-9(10,11)12/h7H,2-5H2,1H3. The summed E-state index contributed by atoms with van der Waals surface area (Å²) in [6, 6.07) is 0. The van der Waals surface area contributed by atoms with Crippen LogP contribution in [0.2, 0.25) is 0 Å². The minimum absolute atomic E-state index is 0.00437. The van der Waals surface area contributed by atoms with E-state index in [0.717, 1.165) is 4.68 Å². The summed E-state index contributed by atoms with van der Waals surface area (Å²) in [7, 11) is -3.16. The summed E-state index contributed by atoms with van der Waals surface area (Å²) in [5.74, 6) is -0.304. The Morgan fingerprint density at radius 3 is 2.61 bits per heavy atom. The van der Waals surface area contributed by atoms with Gasteiger partial charge in [0, 0.05) is 5.92 Å². The molecule has 0 aliphatic carbocycles. The van der Waals surface area contributed by atoms with Crippen LogP contribution in [-0.4, -0.2) is 40.9 Å². The first-order valence-electron chi connectivity index (χ1n) is 5.35. The molecule has 1 aliphatic rings. The molecule has 1 aliphatic heterocycles. The normalized spacial score (nSPS) is 23.4. The van der Waals surface area contributed by atoms with E-state index in [9.17, 15) is 21.6 Å². The highest BCUT2D eigenvalue weighted by molar-refractivity contribution is 7.91. The third-order valence-corrected chi connectivity index (χ3v) is 4.50. The molecule has 18 heavy (non-hydrogen) atoms. The molecule has 1 aromatic rings. The highest BCUT2D eigenvalue weighted by Gasteiger charge is 2.36. The van der Waals surface area contributed by atoms with Gasteiger partial charge in [0.15, 0.2) is 9.84 Å². The van der Waals surface area contributed by atoms with Crippen LogP contribution in [0.15, 0.2) is 0 Å². The number of hydrogen-bond donors (Lipinski definition) is 0. The van der Waals surface area contributed by atoms with Crippen LogP contribution in [0.3, 0.4) is 0 Å². The van der Waals surface area contributed by atoms with Gasteiger partial charge in [0.05, 0.1) is 11.5 Å². The molecule has 1 fully saturated rings. The van der Waals surface area contributed by atoms with Gasteiger partial charge in [-0.1, -0.05) is 0 Å². The van der Waals surface area contributed by atoms with Gasteiger partial charge in [0.25, 0.3) is 0 Å². The lowest BCUT2D eigenvalue weighted by Gasteiger charge is -2.11. The van der Waals surface area contributed by atoms with Gasteiger partial charge in [-0.3, -0.25) is 0 Å². The van der Waals surface area contributed by atoms with Gasteiger partial charge in [-0.2, -0.15) is 18.3 Å². The fourth-order valence-corrected chi connectivity index (χ4v) is 3.80. The summed E-state index contributed by atoms with van der Waals surface area (Å²) in [4.78, 5) is 3.93. The SMILES string of the molecule is Cc1nc(C2CCS(=O)(=O)C2)n(CC(F)(F)F)n1. The van der Waals surface area contributed by atoms with Gasteiger partial charge in [-0.05, 0) is 13.3 Å². The molecule has 0 radical (unpaired) electrons. The molecular weight excluding hydrogens is 271 g/mol. The first-order valence-corrected chi connectivity index (χ1v) is 7.17. The minimum Gasteiger partial charge on any atom is -0.240 e. The molecular formula is C9H12F3N3O2S. The second kappa shape index (κ2) is 4.22. The van der Waals surface area contributed by atoms with Crippen LogP contribution < -0.4 is 0 Å². The van der Waals surface area contributed by atoms with Crippen molar-refractivity contribution in [1.29, 1.82) is 0 Å². The van der Waals surface area contributed by atoms with Crippen LogP contribution in [0.4, 0.5) is 13.2 Å². The molecule has 9 heteroatoms. The highest BCUT2D eigenvalue weighted by atomic mass is 32.2. The van der Waals surface area contributed by atoms with E-state index < -0.39 is 28.5 Å². The lowest BCUT2D eigenvalue weighted by molar-refractivity contribution is -0.143. The van der Waals surface area contributed by atoms with Crippen LogP contribution in [0.5, 0.6) is 0 Å². The molecule has 2 heterocycles. The van der Waals surface area contributed by atoms with E-state index in [2.05, 4.69) is 10.1 Å². The van der Waals surface area contributed by atoms with Crippen molar-refractivity contribution in [3.63, 3.8) is 0 Å². The fraction of sp³-hybridized carbons (Fsp3) is 0.778. The average Bonchev–Trinajstić information content (AvgIpc) is 2.67. The fourth-order valence-electron chi connectivity index (χ4n) is 2.06. The molecule has 2 rings (SSSR count). The summed E-state index contributed by atoms with van der Waals surface area (Å²) in [6.07, 6.45) is -4.09. The quantitative estimate of drug-likeness (QED) is 0.814. The summed E-state index contributed by atoms with van der Waals surface area (Å²) in [6.45, 7) is 0.250. The minimum atomic E-state index is -4.40. The summed E-state index contributed by atoms with van der Waals surface area (Å²) in [5.41, 5.74) is 0. The van der Waals surface area contributed by atoms with Gasteiger partial charge >= 0.3 is 6.18 Å². The number of sulfone groups is 1. The predicted molar refractivity (Wildman–Crippen MR) is 56.8 cm³/mol. The summed E-state index contributed by atoms with van der Waals surface area (Å²) in [5, 5.41) is 3.68. The van der Waals surface area contributed by atoms with Crippen molar-refractivity contribution in [1.82, 2.24) is 14.8 Å². The highest BCUT2D eigenvalue weighted by Crippen LogP contribution is 2.29. The number of aryl methyl sites for hydroxylation is 1. The number of aromatic nitrogens is 3.